The van der Waals surface area contributed by atoms with Gasteiger partial charge in [0.1, 0.15) is 17.2 Å². The van der Waals surface area contributed by atoms with Crippen LogP contribution in [0.15, 0.2) is 28.1 Å². The predicted molar refractivity (Wildman–Crippen MR) is 74.3 cm³/mol. The Morgan fingerprint density at radius 2 is 2.16 bits per heavy atom. The maximum Gasteiger partial charge on any atom is 0.257 e. The molecule has 1 heterocycles. The fourth-order valence-corrected chi connectivity index (χ4v) is 2.96. The monoisotopic (exact) mass is 345 g/mol. The van der Waals surface area contributed by atoms with Crippen LogP contribution in [0.1, 0.15) is 20.8 Å². The molecule has 0 aliphatic rings. The van der Waals surface area contributed by atoms with Crippen molar-refractivity contribution >= 4 is 33.2 Å². The number of carbonyl (C=O) groups is 1. The Kier molecular flexibility index (Phi) is 4.31. The molecule has 19 heavy (non-hydrogen) atoms. The van der Waals surface area contributed by atoms with Crippen molar-refractivity contribution in [2.75, 3.05) is 0 Å². The van der Waals surface area contributed by atoms with Crippen molar-refractivity contribution < 1.29 is 13.6 Å². The lowest BCUT2D eigenvalue weighted by atomic mass is 10.1. The summed E-state index contributed by atoms with van der Waals surface area (Å²) in [4.78, 5) is 12.7. The summed E-state index contributed by atoms with van der Waals surface area (Å²) >= 11 is 4.74. The molecule has 1 aromatic carbocycles. The molecule has 2 aromatic rings. The van der Waals surface area contributed by atoms with Gasteiger partial charge in [-0.05, 0) is 40.5 Å². The fourth-order valence-electron chi connectivity index (χ4n) is 1.57. The highest BCUT2D eigenvalue weighted by Crippen LogP contribution is 2.20. The summed E-state index contributed by atoms with van der Waals surface area (Å²) in [5, 5.41) is 4.38. The van der Waals surface area contributed by atoms with Gasteiger partial charge in [-0.2, -0.15) is 0 Å². The third-order valence-corrected chi connectivity index (χ3v) is 4.25. The van der Waals surface area contributed by atoms with Crippen molar-refractivity contribution in [1.82, 2.24) is 5.32 Å². The molecule has 0 saturated heterocycles. The van der Waals surface area contributed by atoms with Gasteiger partial charge in [-0.25, -0.2) is 8.78 Å². The first-order chi connectivity index (χ1) is 8.99. The minimum Gasteiger partial charge on any atom is -0.347 e. The number of nitrogens with one attached hydrogen (secondary N) is 1. The molecule has 0 atom stereocenters. The molecule has 1 aromatic heterocycles. The summed E-state index contributed by atoms with van der Waals surface area (Å²) in [5.41, 5.74) is -0.291. The van der Waals surface area contributed by atoms with Crippen molar-refractivity contribution in [2.24, 2.45) is 0 Å². The molecule has 1 N–H and O–H groups in total. The average Bonchev–Trinajstić information content (AvgIpc) is 2.78. The second-order valence-electron chi connectivity index (χ2n) is 3.97. The van der Waals surface area contributed by atoms with Crippen LogP contribution in [0.5, 0.6) is 0 Å². The standard InChI is InChI=1S/C13H10BrF2NOS/c1-7-2-3-10(15)11(12(7)16)13(18)17-5-9-4-8(14)6-19-9/h2-4,6H,5H2,1H3,(H,17,18). The lowest BCUT2D eigenvalue weighted by Gasteiger charge is -2.07. The number of hydrogen-bond donors (Lipinski definition) is 1. The van der Waals surface area contributed by atoms with Crippen LogP contribution < -0.4 is 5.32 Å². The van der Waals surface area contributed by atoms with Gasteiger partial charge in [0.05, 0.1) is 6.54 Å². The molecule has 0 unspecified atom stereocenters. The van der Waals surface area contributed by atoms with Gasteiger partial charge in [0.2, 0.25) is 0 Å². The number of halogens is 3. The van der Waals surface area contributed by atoms with E-state index in [9.17, 15) is 13.6 Å². The van der Waals surface area contributed by atoms with Gasteiger partial charge in [0.25, 0.3) is 5.91 Å². The number of thiophene rings is 1. The quantitative estimate of drug-likeness (QED) is 0.893. The SMILES string of the molecule is Cc1ccc(F)c(C(=O)NCc2cc(Br)cs2)c1F. The lowest BCUT2D eigenvalue weighted by molar-refractivity contribution is 0.0942. The van der Waals surface area contributed by atoms with Gasteiger partial charge < -0.3 is 5.32 Å². The molecule has 100 valence electrons. The molecule has 1 amide bonds. The summed E-state index contributed by atoms with van der Waals surface area (Å²) in [6, 6.07) is 4.24. The fraction of sp³-hybridized carbons (Fsp3) is 0.154. The van der Waals surface area contributed by atoms with Crippen molar-refractivity contribution in [3.63, 3.8) is 0 Å². The van der Waals surface area contributed by atoms with E-state index in [-0.39, 0.29) is 12.1 Å². The number of carbonyl (C=O) groups excluding carboxylic acids is 1. The summed E-state index contributed by atoms with van der Waals surface area (Å²) in [6.45, 7) is 1.73. The molecule has 0 bridgehead atoms. The Balaban J connectivity index is 2.14. The Labute approximate surface area is 121 Å². The van der Waals surface area contributed by atoms with Crippen LogP contribution >= 0.6 is 27.3 Å². The molecule has 0 aliphatic heterocycles. The highest BCUT2D eigenvalue weighted by Gasteiger charge is 2.18. The van der Waals surface area contributed by atoms with Crippen molar-refractivity contribution in [1.29, 1.82) is 0 Å². The molecule has 2 rings (SSSR count). The van der Waals surface area contributed by atoms with Crippen LogP contribution in [0, 0.1) is 18.6 Å². The molecular weight excluding hydrogens is 336 g/mol. The minimum absolute atomic E-state index is 0.238. The van der Waals surface area contributed by atoms with E-state index in [0.717, 1.165) is 15.4 Å². The zero-order valence-corrected chi connectivity index (χ0v) is 12.4. The van der Waals surface area contributed by atoms with Gasteiger partial charge in [0, 0.05) is 14.7 Å². The number of hydrogen-bond acceptors (Lipinski definition) is 2. The predicted octanol–water partition coefficient (Wildman–Crippen LogP) is 4.03. The molecule has 0 spiro atoms. The Hall–Kier alpha value is -1.27. The average molecular weight is 346 g/mol. The smallest absolute Gasteiger partial charge is 0.257 e. The van der Waals surface area contributed by atoms with Crippen LogP contribution in [-0.4, -0.2) is 5.91 Å². The van der Waals surface area contributed by atoms with Crippen LogP contribution in [0.2, 0.25) is 0 Å². The lowest BCUT2D eigenvalue weighted by Crippen LogP contribution is -2.25. The van der Waals surface area contributed by atoms with Crippen LogP contribution in [0.4, 0.5) is 8.78 Å². The second-order valence-corrected chi connectivity index (χ2v) is 5.88. The van der Waals surface area contributed by atoms with E-state index in [2.05, 4.69) is 21.2 Å². The van der Waals surface area contributed by atoms with Crippen molar-refractivity contribution in [2.45, 2.75) is 13.5 Å². The van der Waals surface area contributed by atoms with Gasteiger partial charge in [-0.3, -0.25) is 4.79 Å². The van der Waals surface area contributed by atoms with E-state index in [1.165, 1.54) is 24.3 Å². The summed E-state index contributed by atoms with van der Waals surface area (Å²) < 4.78 is 28.2. The first-order valence-corrected chi connectivity index (χ1v) is 7.12. The zero-order valence-electron chi connectivity index (χ0n) is 9.97. The number of benzene rings is 1. The van der Waals surface area contributed by atoms with E-state index in [1.807, 2.05) is 11.4 Å². The van der Waals surface area contributed by atoms with E-state index >= 15 is 0 Å². The Morgan fingerprint density at radius 1 is 1.42 bits per heavy atom. The van der Waals surface area contributed by atoms with Gasteiger partial charge >= 0.3 is 0 Å². The number of aryl methyl sites for hydroxylation is 1. The topological polar surface area (TPSA) is 29.1 Å². The van der Waals surface area contributed by atoms with Crippen LogP contribution in [0.3, 0.4) is 0 Å². The van der Waals surface area contributed by atoms with Crippen molar-refractivity contribution in [3.05, 3.63) is 55.7 Å². The third kappa shape index (κ3) is 3.19. The molecular formula is C13H10BrF2NOS. The molecule has 2 nitrogen and oxygen atoms in total. The van der Waals surface area contributed by atoms with E-state index in [0.29, 0.717) is 0 Å². The molecule has 0 radical (unpaired) electrons. The molecule has 6 heteroatoms. The largest absolute Gasteiger partial charge is 0.347 e. The normalized spacial score (nSPS) is 10.5. The van der Waals surface area contributed by atoms with Crippen molar-refractivity contribution in [3.8, 4) is 0 Å². The molecule has 0 fully saturated rings. The second kappa shape index (κ2) is 5.79. The summed E-state index contributed by atoms with van der Waals surface area (Å²) in [7, 11) is 0. The maximum absolute atomic E-state index is 13.7. The maximum atomic E-state index is 13.7. The van der Waals surface area contributed by atoms with Gasteiger partial charge in [0.15, 0.2) is 0 Å². The summed E-state index contributed by atoms with van der Waals surface area (Å²) in [5.74, 6) is -2.42. The molecule has 0 saturated carbocycles. The first kappa shape index (κ1) is 14.1. The number of amides is 1. The zero-order chi connectivity index (χ0) is 14.0. The summed E-state index contributed by atoms with van der Waals surface area (Å²) in [6.07, 6.45) is 0. The van der Waals surface area contributed by atoms with E-state index in [4.69, 9.17) is 0 Å². The number of rotatable bonds is 3. The van der Waals surface area contributed by atoms with E-state index < -0.39 is 23.1 Å². The van der Waals surface area contributed by atoms with E-state index in [1.54, 1.807) is 0 Å². The Bertz CT molecular complexity index is 627. The first-order valence-electron chi connectivity index (χ1n) is 5.44. The highest BCUT2D eigenvalue weighted by atomic mass is 79.9. The Morgan fingerprint density at radius 3 is 2.79 bits per heavy atom. The van der Waals surface area contributed by atoms with Gasteiger partial charge in [-0.1, -0.05) is 6.07 Å². The van der Waals surface area contributed by atoms with Crippen LogP contribution in [0.25, 0.3) is 0 Å². The van der Waals surface area contributed by atoms with Crippen LogP contribution in [-0.2, 0) is 6.54 Å². The molecule has 0 aliphatic carbocycles. The minimum atomic E-state index is -0.854. The third-order valence-electron chi connectivity index (χ3n) is 2.56. The van der Waals surface area contributed by atoms with Gasteiger partial charge in [-0.15, -0.1) is 11.3 Å². The highest BCUT2D eigenvalue weighted by molar-refractivity contribution is 9.10.